The lowest BCUT2D eigenvalue weighted by Gasteiger charge is -2.07. The first kappa shape index (κ1) is 13.3. The molecule has 0 saturated heterocycles. The number of carboxylic acids is 1. The van der Waals surface area contributed by atoms with Gasteiger partial charge in [0.15, 0.2) is 0 Å². The number of carbonyl (C=O) groups is 2. The van der Waals surface area contributed by atoms with Crippen LogP contribution in [0.3, 0.4) is 0 Å². The lowest BCUT2D eigenvalue weighted by atomic mass is 10.1. The SMILES string of the molecule is CC(C)=CC(=O)Nc1ccc(Cl)cc1C(=O)O. The van der Waals surface area contributed by atoms with E-state index in [-0.39, 0.29) is 17.2 Å². The van der Waals surface area contributed by atoms with Crippen molar-refractivity contribution < 1.29 is 14.7 Å². The van der Waals surface area contributed by atoms with Crippen LogP contribution in [0.15, 0.2) is 29.8 Å². The number of nitrogens with one attached hydrogen (secondary N) is 1. The van der Waals surface area contributed by atoms with Crippen molar-refractivity contribution in [2.24, 2.45) is 0 Å². The van der Waals surface area contributed by atoms with Crippen LogP contribution in [-0.4, -0.2) is 17.0 Å². The number of halogens is 1. The summed E-state index contributed by atoms with van der Waals surface area (Å²) in [5, 5.41) is 11.8. The van der Waals surface area contributed by atoms with Crippen LogP contribution in [-0.2, 0) is 4.79 Å². The first-order chi connectivity index (χ1) is 7.90. The largest absolute Gasteiger partial charge is 0.478 e. The van der Waals surface area contributed by atoms with Crippen molar-refractivity contribution >= 4 is 29.2 Å². The fraction of sp³-hybridized carbons (Fsp3) is 0.167. The number of benzene rings is 1. The molecule has 1 aromatic rings. The van der Waals surface area contributed by atoms with Crippen molar-refractivity contribution in [3.63, 3.8) is 0 Å². The lowest BCUT2D eigenvalue weighted by molar-refractivity contribution is -0.111. The maximum atomic E-state index is 11.5. The third-order valence-electron chi connectivity index (χ3n) is 1.89. The molecule has 0 fully saturated rings. The molecule has 0 aliphatic carbocycles. The number of rotatable bonds is 3. The number of carbonyl (C=O) groups excluding carboxylic acids is 1. The summed E-state index contributed by atoms with van der Waals surface area (Å²) in [5.41, 5.74) is 1.02. The van der Waals surface area contributed by atoms with E-state index < -0.39 is 5.97 Å². The smallest absolute Gasteiger partial charge is 0.337 e. The fourth-order valence-electron chi connectivity index (χ4n) is 1.23. The molecular formula is C12H12ClNO3. The monoisotopic (exact) mass is 253 g/mol. The number of hydrogen-bond donors (Lipinski definition) is 2. The fourth-order valence-corrected chi connectivity index (χ4v) is 1.41. The third kappa shape index (κ3) is 3.92. The summed E-state index contributed by atoms with van der Waals surface area (Å²) >= 11 is 5.69. The van der Waals surface area contributed by atoms with E-state index in [1.165, 1.54) is 24.3 Å². The van der Waals surface area contributed by atoms with Gasteiger partial charge in [0, 0.05) is 11.1 Å². The normalized spacial score (nSPS) is 9.59. The molecule has 0 spiro atoms. The molecule has 0 bridgehead atoms. The number of hydrogen-bond acceptors (Lipinski definition) is 2. The van der Waals surface area contributed by atoms with E-state index in [2.05, 4.69) is 5.32 Å². The van der Waals surface area contributed by atoms with E-state index in [4.69, 9.17) is 16.7 Å². The molecule has 2 N–H and O–H groups in total. The van der Waals surface area contributed by atoms with E-state index in [1.54, 1.807) is 13.8 Å². The Balaban J connectivity index is 3.03. The maximum absolute atomic E-state index is 11.5. The summed E-state index contributed by atoms with van der Waals surface area (Å²) < 4.78 is 0. The highest BCUT2D eigenvalue weighted by Crippen LogP contribution is 2.20. The van der Waals surface area contributed by atoms with Gasteiger partial charge in [0.1, 0.15) is 0 Å². The van der Waals surface area contributed by atoms with Gasteiger partial charge < -0.3 is 10.4 Å². The highest BCUT2D eigenvalue weighted by molar-refractivity contribution is 6.31. The predicted octanol–water partition coefficient (Wildman–Crippen LogP) is 2.94. The van der Waals surface area contributed by atoms with Crippen molar-refractivity contribution in [3.8, 4) is 0 Å². The Morgan fingerprint density at radius 3 is 2.53 bits per heavy atom. The Kier molecular flexibility index (Phi) is 4.29. The Labute approximate surface area is 104 Å². The van der Waals surface area contributed by atoms with Gasteiger partial charge in [0.2, 0.25) is 5.91 Å². The Hall–Kier alpha value is -1.81. The Morgan fingerprint density at radius 1 is 1.35 bits per heavy atom. The summed E-state index contributed by atoms with van der Waals surface area (Å²) in [6.07, 6.45) is 1.39. The summed E-state index contributed by atoms with van der Waals surface area (Å²) in [4.78, 5) is 22.4. The average molecular weight is 254 g/mol. The van der Waals surface area contributed by atoms with E-state index in [1.807, 2.05) is 0 Å². The van der Waals surface area contributed by atoms with Gasteiger partial charge in [-0.3, -0.25) is 4.79 Å². The van der Waals surface area contributed by atoms with Crippen LogP contribution in [0.2, 0.25) is 5.02 Å². The van der Waals surface area contributed by atoms with E-state index in [9.17, 15) is 9.59 Å². The van der Waals surface area contributed by atoms with Crippen LogP contribution in [0, 0.1) is 0 Å². The molecule has 0 aliphatic rings. The van der Waals surface area contributed by atoms with Gasteiger partial charge in [-0.05, 0) is 32.0 Å². The van der Waals surface area contributed by atoms with Gasteiger partial charge in [-0.1, -0.05) is 17.2 Å². The molecule has 0 aliphatic heterocycles. The van der Waals surface area contributed by atoms with Crippen molar-refractivity contribution in [1.29, 1.82) is 0 Å². The van der Waals surface area contributed by atoms with Crippen LogP contribution < -0.4 is 5.32 Å². The molecule has 17 heavy (non-hydrogen) atoms. The maximum Gasteiger partial charge on any atom is 0.337 e. The lowest BCUT2D eigenvalue weighted by Crippen LogP contribution is -2.12. The molecule has 0 aromatic heterocycles. The molecular weight excluding hydrogens is 242 g/mol. The minimum atomic E-state index is -1.14. The van der Waals surface area contributed by atoms with E-state index >= 15 is 0 Å². The Morgan fingerprint density at radius 2 is 2.00 bits per heavy atom. The average Bonchev–Trinajstić information content (AvgIpc) is 2.19. The van der Waals surface area contributed by atoms with Crippen molar-refractivity contribution in [3.05, 3.63) is 40.4 Å². The minimum absolute atomic E-state index is 0.0343. The Bertz CT molecular complexity index is 491. The standard InChI is InChI=1S/C12H12ClNO3/c1-7(2)5-11(15)14-10-4-3-8(13)6-9(10)12(16)17/h3-6H,1-2H3,(H,14,15)(H,16,17). The van der Waals surface area contributed by atoms with Crippen LogP contribution in [0.25, 0.3) is 0 Å². The molecule has 5 heteroatoms. The third-order valence-corrected chi connectivity index (χ3v) is 2.12. The topological polar surface area (TPSA) is 66.4 Å². The summed E-state index contributed by atoms with van der Waals surface area (Å²) in [6.45, 7) is 3.55. The number of amides is 1. The van der Waals surface area contributed by atoms with Crippen molar-refractivity contribution in [1.82, 2.24) is 0 Å². The molecule has 0 saturated carbocycles. The molecule has 90 valence electrons. The first-order valence-corrected chi connectivity index (χ1v) is 5.26. The molecule has 0 heterocycles. The van der Waals surface area contributed by atoms with E-state index in [0.29, 0.717) is 5.02 Å². The number of carboxylic acid groups (broad SMARTS) is 1. The second-order valence-electron chi connectivity index (χ2n) is 3.71. The zero-order valence-corrected chi connectivity index (χ0v) is 10.2. The number of aromatic carboxylic acids is 1. The molecule has 0 radical (unpaired) electrons. The predicted molar refractivity (Wildman–Crippen MR) is 66.5 cm³/mol. The zero-order chi connectivity index (χ0) is 13.0. The van der Waals surface area contributed by atoms with Gasteiger partial charge in [-0.2, -0.15) is 0 Å². The first-order valence-electron chi connectivity index (χ1n) is 4.89. The van der Waals surface area contributed by atoms with E-state index in [0.717, 1.165) is 5.57 Å². The molecule has 1 aromatic carbocycles. The summed E-state index contributed by atoms with van der Waals surface area (Å²) in [7, 11) is 0. The van der Waals surface area contributed by atoms with Gasteiger partial charge in [0.25, 0.3) is 0 Å². The highest BCUT2D eigenvalue weighted by atomic mass is 35.5. The number of anilines is 1. The van der Waals surface area contributed by atoms with Crippen LogP contribution in [0.1, 0.15) is 24.2 Å². The second kappa shape index (κ2) is 5.50. The second-order valence-corrected chi connectivity index (χ2v) is 4.14. The highest BCUT2D eigenvalue weighted by Gasteiger charge is 2.12. The molecule has 0 atom stereocenters. The number of allylic oxidation sites excluding steroid dienone is 1. The van der Waals surface area contributed by atoms with Gasteiger partial charge in [-0.25, -0.2) is 4.79 Å². The van der Waals surface area contributed by atoms with Gasteiger partial charge >= 0.3 is 5.97 Å². The van der Waals surface area contributed by atoms with Gasteiger partial charge in [0.05, 0.1) is 11.3 Å². The molecule has 0 unspecified atom stereocenters. The van der Waals surface area contributed by atoms with Crippen LogP contribution in [0.5, 0.6) is 0 Å². The van der Waals surface area contributed by atoms with Crippen LogP contribution >= 0.6 is 11.6 Å². The summed E-state index contributed by atoms with van der Waals surface area (Å²) in [6, 6.07) is 4.27. The van der Waals surface area contributed by atoms with Crippen molar-refractivity contribution in [2.45, 2.75) is 13.8 Å². The molecule has 1 amide bonds. The quantitative estimate of drug-likeness (QED) is 0.814. The van der Waals surface area contributed by atoms with Gasteiger partial charge in [-0.15, -0.1) is 0 Å². The van der Waals surface area contributed by atoms with Crippen molar-refractivity contribution in [2.75, 3.05) is 5.32 Å². The molecule has 1 rings (SSSR count). The molecule has 4 nitrogen and oxygen atoms in total. The summed E-state index contributed by atoms with van der Waals surface area (Å²) in [5.74, 6) is -1.50. The van der Waals surface area contributed by atoms with Crippen LogP contribution in [0.4, 0.5) is 5.69 Å². The minimum Gasteiger partial charge on any atom is -0.478 e. The zero-order valence-electron chi connectivity index (χ0n) is 9.45.